The van der Waals surface area contributed by atoms with Gasteiger partial charge in [0.15, 0.2) is 17.5 Å². The van der Waals surface area contributed by atoms with Gasteiger partial charge in [-0.2, -0.15) is 4.98 Å². The predicted octanol–water partition coefficient (Wildman–Crippen LogP) is 2.77. The molecule has 0 spiro atoms. The van der Waals surface area contributed by atoms with Crippen LogP contribution in [0.4, 0.5) is 0 Å². The molecule has 0 saturated heterocycles. The van der Waals surface area contributed by atoms with Crippen LogP contribution in [0.3, 0.4) is 0 Å². The van der Waals surface area contributed by atoms with E-state index in [-0.39, 0.29) is 12.4 Å². The third-order valence-electron chi connectivity index (χ3n) is 2.44. The Morgan fingerprint density at radius 3 is 2.68 bits per heavy atom. The first-order valence-electron chi connectivity index (χ1n) is 5.80. The average molecular weight is 274 g/mol. The first kappa shape index (κ1) is 13.5. The molecule has 0 atom stereocenters. The predicted molar refractivity (Wildman–Crippen MR) is 74.8 cm³/mol. The second-order valence-corrected chi connectivity index (χ2v) is 4.69. The summed E-state index contributed by atoms with van der Waals surface area (Å²) in [6.45, 7) is 1.85. The number of hydrogen-bond acceptors (Lipinski definition) is 5. The van der Waals surface area contributed by atoms with Gasteiger partial charge < -0.3 is 4.74 Å². The second-order valence-electron chi connectivity index (χ2n) is 3.91. The SMILES string of the molecule is CSc1nc(C)cc(OCC(=O)c2ccccc2)n1. The quantitative estimate of drug-likeness (QED) is 0.477. The number of hydrogen-bond donors (Lipinski definition) is 0. The molecule has 0 N–H and O–H groups in total. The van der Waals surface area contributed by atoms with Crippen LogP contribution in [0.15, 0.2) is 41.6 Å². The highest BCUT2D eigenvalue weighted by molar-refractivity contribution is 7.98. The summed E-state index contributed by atoms with van der Waals surface area (Å²) in [5.41, 5.74) is 1.46. The van der Waals surface area contributed by atoms with Gasteiger partial charge in [-0.3, -0.25) is 4.79 Å². The summed E-state index contributed by atoms with van der Waals surface area (Å²) < 4.78 is 5.43. The van der Waals surface area contributed by atoms with E-state index in [1.54, 1.807) is 18.2 Å². The second kappa shape index (κ2) is 6.33. The van der Waals surface area contributed by atoms with Crippen LogP contribution in [-0.2, 0) is 0 Å². The smallest absolute Gasteiger partial charge is 0.218 e. The van der Waals surface area contributed by atoms with Crippen molar-refractivity contribution in [3.05, 3.63) is 47.7 Å². The lowest BCUT2D eigenvalue weighted by atomic mass is 10.1. The molecule has 1 aromatic carbocycles. The van der Waals surface area contributed by atoms with Crippen molar-refractivity contribution in [3.63, 3.8) is 0 Å². The Morgan fingerprint density at radius 2 is 2.00 bits per heavy atom. The number of ether oxygens (including phenoxy) is 1. The van der Waals surface area contributed by atoms with E-state index in [4.69, 9.17) is 4.74 Å². The van der Waals surface area contributed by atoms with Crippen molar-refractivity contribution in [1.29, 1.82) is 0 Å². The lowest BCUT2D eigenvalue weighted by Gasteiger charge is -2.06. The minimum atomic E-state index is -0.0671. The van der Waals surface area contributed by atoms with Crippen molar-refractivity contribution in [2.24, 2.45) is 0 Å². The van der Waals surface area contributed by atoms with Crippen LogP contribution < -0.4 is 4.74 Å². The van der Waals surface area contributed by atoms with E-state index >= 15 is 0 Å². The summed E-state index contributed by atoms with van der Waals surface area (Å²) in [4.78, 5) is 20.3. The maximum atomic E-state index is 11.9. The van der Waals surface area contributed by atoms with E-state index in [9.17, 15) is 4.79 Å². The van der Waals surface area contributed by atoms with Gasteiger partial charge in [-0.1, -0.05) is 42.1 Å². The molecule has 0 bridgehead atoms. The van der Waals surface area contributed by atoms with Crippen LogP contribution >= 0.6 is 11.8 Å². The van der Waals surface area contributed by atoms with E-state index in [0.717, 1.165) is 5.69 Å². The van der Waals surface area contributed by atoms with Crippen LogP contribution in [0.2, 0.25) is 0 Å². The molecule has 1 aromatic heterocycles. The highest BCUT2D eigenvalue weighted by Gasteiger charge is 2.08. The van der Waals surface area contributed by atoms with Gasteiger partial charge in [-0.15, -0.1) is 0 Å². The van der Waals surface area contributed by atoms with Crippen molar-refractivity contribution in [2.45, 2.75) is 12.1 Å². The van der Waals surface area contributed by atoms with Crippen molar-refractivity contribution >= 4 is 17.5 Å². The zero-order valence-corrected chi connectivity index (χ0v) is 11.6. The van der Waals surface area contributed by atoms with Crippen LogP contribution in [0.25, 0.3) is 0 Å². The van der Waals surface area contributed by atoms with E-state index in [1.807, 2.05) is 31.4 Å². The van der Waals surface area contributed by atoms with Crippen molar-refractivity contribution in [2.75, 3.05) is 12.9 Å². The van der Waals surface area contributed by atoms with E-state index < -0.39 is 0 Å². The molecular weight excluding hydrogens is 260 g/mol. The number of aryl methyl sites for hydroxylation is 1. The van der Waals surface area contributed by atoms with Gasteiger partial charge in [0.2, 0.25) is 5.88 Å². The summed E-state index contributed by atoms with van der Waals surface area (Å²) in [5.74, 6) is 0.365. The number of nitrogens with zero attached hydrogens (tertiary/aromatic N) is 2. The maximum absolute atomic E-state index is 11.9. The van der Waals surface area contributed by atoms with Crippen molar-refractivity contribution in [3.8, 4) is 5.88 Å². The molecule has 2 rings (SSSR count). The number of carbonyl (C=O) groups is 1. The fraction of sp³-hybridized carbons (Fsp3) is 0.214. The van der Waals surface area contributed by atoms with Gasteiger partial charge >= 0.3 is 0 Å². The summed E-state index contributed by atoms with van der Waals surface area (Å²) in [5, 5.41) is 0.641. The van der Waals surface area contributed by atoms with Gasteiger partial charge in [0, 0.05) is 17.3 Å². The largest absolute Gasteiger partial charge is 0.469 e. The molecule has 1 heterocycles. The van der Waals surface area contributed by atoms with Crippen molar-refractivity contribution < 1.29 is 9.53 Å². The molecular formula is C14H14N2O2S. The molecule has 0 amide bonds. The summed E-state index contributed by atoms with van der Waals surface area (Å²) in [6, 6.07) is 10.8. The topological polar surface area (TPSA) is 52.1 Å². The number of benzene rings is 1. The Kier molecular flexibility index (Phi) is 4.52. The average Bonchev–Trinajstić information content (AvgIpc) is 2.45. The first-order valence-corrected chi connectivity index (χ1v) is 7.02. The third-order valence-corrected chi connectivity index (χ3v) is 2.99. The van der Waals surface area contributed by atoms with Gasteiger partial charge in [-0.05, 0) is 13.2 Å². The maximum Gasteiger partial charge on any atom is 0.218 e. The van der Waals surface area contributed by atoms with Crippen LogP contribution in [-0.4, -0.2) is 28.6 Å². The summed E-state index contributed by atoms with van der Waals surface area (Å²) in [6.07, 6.45) is 1.90. The van der Waals surface area contributed by atoms with Crippen LogP contribution in [0.5, 0.6) is 5.88 Å². The van der Waals surface area contributed by atoms with Gasteiger partial charge in [0.05, 0.1) is 0 Å². The normalized spacial score (nSPS) is 10.2. The van der Waals surface area contributed by atoms with E-state index in [2.05, 4.69) is 9.97 Å². The Labute approximate surface area is 116 Å². The zero-order chi connectivity index (χ0) is 13.7. The fourth-order valence-electron chi connectivity index (χ4n) is 1.53. The highest BCUT2D eigenvalue weighted by atomic mass is 32.2. The number of ketones is 1. The molecule has 0 aliphatic carbocycles. The van der Waals surface area contributed by atoms with Crippen molar-refractivity contribution in [1.82, 2.24) is 9.97 Å². The number of Topliss-reactive ketones (excluding diaryl/α,β-unsaturated/α-hetero) is 1. The van der Waals surface area contributed by atoms with Crippen LogP contribution in [0, 0.1) is 6.92 Å². The molecule has 0 radical (unpaired) electrons. The zero-order valence-electron chi connectivity index (χ0n) is 10.8. The number of thioether (sulfide) groups is 1. The Bertz CT molecular complexity index is 573. The lowest BCUT2D eigenvalue weighted by Crippen LogP contribution is -2.12. The number of rotatable bonds is 5. The first-order chi connectivity index (χ1) is 9.19. The van der Waals surface area contributed by atoms with Crippen LogP contribution in [0.1, 0.15) is 16.1 Å². The molecule has 4 nitrogen and oxygen atoms in total. The molecule has 0 aliphatic heterocycles. The summed E-state index contributed by atoms with van der Waals surface area (Å²) in [7, 11) is 0. The minimum absolute atomic E-state index is 0.0196. The molecule has 19 heavy (non-hydrogen) atoms. The molecule has 0 saturated carbocycles. The molecule has 0 unspecified atom stereocenters. The highest BCUT2D eigenvalue weighted by Crippen LogP contribution is 2.15. The minimum Gasteiger partial charge on any atom is -0.469 e. The molecule has 5 heteroatoms. The Hall–Kier alpha value is -1.88. The molecule has 98 valence electrons. The molecule has 0 fully saturated rings. The number of aromatic nitrogens is 2. The monoisotopic (exact) mass is 274 g/mol. The van der Waals surface area contributed by atoms with Gasteiger partial charge in [-0.25, -0.2) is 4.98 Å². The third kappa shape index (κ3) is 3.79. The van der Waals surface area contributed by atoms with Gasteiger partial charge in [0.25, 0.3) is 0 Å². The Balaban J connectivity index is 2.03. The Morgan fingerprint density at radius 1 is 1.26 bits per heavy atom. The number of carbonyl (C=O) groups excluding carboxylic acids is 1. The lowest BCUT2D eigenvalue weighted by molar-refractivity contribution is 0.0917. The summed E-state index contributed by atoms with van der Waals surface area (Å²) >= 11 is 1.44. The van der Waals surface area contributed by atoms with Gasteiger partial charge in [0.1, 0.15) is 0 Å². The molecule has 2 aromatic rings. The van der Waals surface area contributed by atoms with E-state index in [1.165, 1.54) is 11.8 Å². The standard InChI is InChI=1S/C14H14N2O2S/c1-10-8-13(16-14(15-10)19-2)18-9-12(17)11-6-4-3-5-7-11/h3-8H,9H2,1-2H3. The fourth-order valence-corrected chi connectivity index (χ4v) is 1.94. The molecule has 0 aliphatic rings. The van der Waals surface area contributed by atoms with E-state index in [0.29, 0.717) is 16.6 Å².